The lowest BCUT2D eigenvalue weighted by molar-refractivity contribution is -0.376. The zero-order valence-corrected chi connectivity index (χ0v) is 25.8. The van der Waals surface area contributed by atoms with Gasteiger partial charge in [-0.1, -0.05) is 31.5 Å². The van der Waals surface area contributed by atoms with Gasteiger partial charge in [-0.3, -0.25) is 14.5 Å². The fourth-order valence-electron chi connectivity index (χ4n) is 6.22. The van der Waals surface area contributed by atoms with Crippen LogP contribution >= 0.6 is 0 Å². The second-order valence-corrected chi connectivity index (χ2v) is 12.0. The Kier molecular flexibility index (Phi) is 8.79. The fourth-order valence-corrected chi connectivity index (χ4v) is 6.22. The standard InChI is InChI=1S/C31H34F6N4O6/c1-4-5-19-14-21(29(45,30(32,33)34)31(35,36)37)6-8-22(19)40-11-10-39(16-18(40)2)25(42)17-41-26(43)28(3,38-27(41)44)20-7-9-23-24(15-20)47-13-12-46-23/h6-9,14-15,18,45H,4-5,10-13,16-17H2,1-3H3,(H,38,44)/t18-,28?/m0/s1. The van der Waals surface area contributed by atoms with E-state index in [2.05, 4.69) is 5.32 Å². The van der Waals surface area contributed by atoms with Crippen LogP contribution in [0.4, 0.5) is 36.8 Å². The summed E-state index contributed by atoms with van der Waals surface area (Å²) in [4.78, 5) is 43.8. The molecule has 1 unspecified atom stereocenters. The lowest BCUT2D eigenvalue weighted by atomic mass is 9.89. The highest BCUT2D eigenvalue weighted by Crippen LogP contribution is 2.50. The molecule has 2 saturated heterocycles. The largest absolute Gasteiger partial charge is 0.486 e. The van der Waals surface area contributed by atoms with Gasteiger partial charge in [0.2, 0.25) is 5.91 Å². The van der Waals surface area contributed by atoms with E-state index in [0.717, 1.165) is 17.0 Å². The number of nitrogens with one attached hydrogen (secondary N) is 1. The van der Waals surface area contributed by atoms with Gasteiger partial charge in [0.15, 0.2) is 11.5 Å². The van der Waals surface area contributed by atoms with E-state index >= 15 is 0 Å². The molecular formula is C31H34F6N4O6. The number of fused-ring (bicyclic) bond motifs is 1. The zero-order valence-electron chi connectivity index (χ0n) is 25.8. The predicted molar refractivity (Wildman–Crippen MR) is 155 cm³/mol. The number of rotatable bonds is 7. The van der Waals surface area contributed by atoms with Gasteiger partial charge in [-0.2, -0.15) is 26.3 Å². The number of alkyl halides is 6. The highest BCUT2D eigenvalue weighted by Gasteiger charge is 2.71. The van der Waals surface area contributed by atoms with Crippen LogP contribution in [0.3, 0.4) is 0 Å². The monoisotopic (exact) mass is 672 g/mol. The first-order valence-corrected chi connectivity index (χ1v) is 15.0. The quantitative estimate of drug-likeness (QED) is 0.335. The highest BCUT2D eigenvalue weighted by molar-refractivity contribution is 6.09. The van der Waals surface area contributed by atoms with Gasteiger partial charge >= 0.3 is 18.4 Å². The summed E-state index contributed by atoms with van der Waals surface area (Å²) >= 11 is 0. The molecule has 0 aliphatic carbocycles. The Bertz CT molecular complexity index is 1550. The molecule has 0 aromatic heterocycles. The summed E-state index contributed by atoms with van der Waals surface area (Å²) in [6.45, 7) is 5.50. The number of hydrogen-bond donors (Lipinski definition) is 2. The van der Waals surface area contributed by atoms with E-state index in [1.54, 1.807) is 36.9 Å². The molecule has 0 bridgehead atoms. The van der Waals surface area contributed by atoms with E-state index in [1.807, 2.05) is 0 Å². The normalized spacial score (nSPS) is 22.1. The SMILES string of the molecule is CCCc1cc(C(O)(C(F)(F)F)C(F)(F)F)ccc1N1CCN(C(=O)CN2C(=O)NC(C)(c3ccc4c(c3)OCCO4)C2=O)C[C@@H]1C. The van der Waals surface area contributed by atoms with Gasteiger partial charge < -0.3 is 29.7 Å². The van der Waals surface area contributed by atoms with E-state index in [-0.39, 0.29) is 31.6 Å². The maximum atomic E-state index is 13.5. The van der Waals surface area contributed by atoms with Gasteiger partial charge in [0.25, 0.3) is 11.5 Å². The number of ether oxygens (including phenoxy) is 2. The van der Waals surface area contributed by atoms with E-state index in [1.165, 1.54) is 11.8 Å². The van der Waals surface area contributed by atoms with Crippen molar-refractivity contribution in [2.45, 2.75) is 63.1 Å². The van der Waals surface area contributed by atoms with Crippen LogP contribution in [0.25, 0.3) is 0 Å². The van der Waals surface area contributed by atoms with Crippen molar-refractivity contribution in [1.82, 2.24) is 15.1 Å². The summed E-state index contributed by atoms with van der Waals surface area (Å²) in [6.07, 6.45) is -11.5. The minimum Gasteiger partial charge on any atom is -0.486 e. The molecule has 2 fully saturated rings. The summed E-state index contributed by atoms with van der Waals surface area (Å²) in [5.74, 6) is -0.230. The number of imide groups is 1. The second-order valence-electron chi connectivity index (χ2n) is 12.0. The van der Waals surface area contributed by atoms with E-state index in [9.17, 15) is 45.8 Å². The van der Waals surface area contributed by atoms with Crippen LogP contribution in [0, 0.1) is 0 Å². The number of halogens is 6. The number of carbonyl (C=O) groups excluding carboxylic acids is 3. The molecule has 47 heavy (non-hydrogen) atoms. The third-order valence-corrected chi connectivity index (χ3v) is 8.81. The van der Waals surface area contributed by atoms with Crippen molar-refractivity contribution < 1.29 is 55.3 Å². The molecule has 3 aliphatic heterocycles. The molecule has 10 nitrogen and oxygen atoms in total. The van der Waals surface area contributed by atoms with Crippen molar-refractivity contribution >= 4 is 23.5 Å². The predicted octanol–water partition coefficient (Wildman–Crippen LogP) is 4.23. The molecule has 0 spiro atoms. The van der Waals surface area contributed by atoms with Crippen LogP contribution in [-0.2, 0) is 27.1 Å². The first-order valence-electron chi connectivity index (χ1n) is 15.0. The number of aryl methyl sites for hydroxylation is 1. The van der Waals surface area contributed by atoms with Crippen LogP contribution in [0.5, 0.6) is 11.5 Å². The van der Waals surface area contributed by atoms with Crippen LogP contribution < -0.4 is 19.7 Å². The Morgan fingerprint density at radius 2 is 1.66 bits per heavy atom. The van der Waals surface area contributed by atoms with Gasteiger partial charge in [0.05, 0.1) is 0 Å². The Balaban J connectivity index is 1.30. The molecule has 5 rings (SSSR count). The number of nitrogens with zero attached hydrogens (tertiary/aromatic N) is 3. The number of carbonyl (C=O) groups is 3. The minimum atomic E-state index is -6.01. The number of anilines is 1. The van der Waals surface area contributed by atoms with Crippen molar-refractivity contribution in [3.8, 4) is 11.5 Å². The van der Waals surface area contributed by atoms with Gasteiger partial charge in [-0.15, -0.1) is 0 Å². The van der Waals surface area contributed by atoms with Crippen molar-refractivity contribution in [3.05, 3.63) is 53.1 Å². The molecule has 2 aromatic rings. The molecule has 2 aromatic carbocycles. The Morgan fingerprint density at radius 1 is 1.00 bits per heavy atom. The summed E-state index contributed by atoms with van der Waals surface area (Å²) in [6, 6.07) is 6.16. The van der Waals surface area contributed by atoms with Crippen molar-refractivity contribution in [2.24, 2.45) is 0 Å². The molecule has 0 saturated carbocycles. The molecule has 3 heterocycles. The van der Waals surface area contributed by atoms with E-state index in [0.29, 0.717) is 48.5 Å². The van der Waals surface area contributed by atoms with Gasteiger partial charge in [0, 0.05) is 36.9 Å². The van der Waals surface area contributed by atoms with Gasteiger partial charge in [0.1, 0.15) is 25.3 Å². The Morgan fingerprint density at radius 3 is 2.28 bits per heavy atom. The van der Waals surface area contributed by atoms with Crippen molar-refractivity contribution in [1.29, 1.82) is 0 Å². The molecular weight excluding hydrogens is 638 g/mol. The average Bonchev–Trinajstić information content (AvgIpc) is 3.23. The van der Waals surface area contributed by atoms with Crippen molar-refractivity contribution in [2.75, 3.05) is 44.3 Å². The number of hydrogen-bond acceptors (Lipinski definition) is 7. The van der Waals surface area contributed by atoms with Crippen LogP contribution in [0.2, 0.25) is 0 Å². The second kappa shape index (κ2) is 12.1. The van der Waals surface area contributed by atoms with Crippen LogP contribution in [0.1, 0.15) is 43.9 Å². The first kappa shape index (κ1) is 34.1. The smallest absolute Gasteiger partial charge is 0.430 e. The topological polar surface area (TPSA) is 112 Å². The van der Waals surface area contributed by atoms with Crippen molar-refractivity contribution in [3.63, 3.8) is 0 Å². The number of urea groups is 1. The summed E-state index contributed by atoms with van der Waals surface area (Å²) in [7, 11) is 0. The minimum absolute atomic E-state index is 0.101. The van der Waals surface area contributed by atoms with E-state index < -0.39 is 59.5 Å². The molecule has 4 amide bonds. The van der Waals surface area contributed by atoms with Crippen LogP contribution in [0.15, 0.2) is 36.4 Å². The third-order valence-electron chi connectivity index (χ3n) is 8.81. The fraction of sp³-hybridized carbons (Fsp3) is 0.516. The molecule has 2 atom stereocenters. The highest BCUT2D eigenvalue weighted by atomic mass is 19.4. The maximum Gasteiger partial charge on any atom is 0.430 e. The van der Waals surface area contributed by atoms with E-state index in [4.69, 9.17) is 9.47 Å². The number of aliphatic hydroxyl groups is 1. The Hall–Kier alpha value is -4.21. The zero-order chi connectivity index (χ0) is 34.5. The average molecular weight is 673 g/mol. The molecule has 3 aliphatic rings. The van der Waals surface area contributed by atoms with Gasteiger partial charge in [-0.05, 0) is 49.6 Å². The number of amides is 4. The Labute approximate surface area is 266 Å². The lowest BCUT2D eigenvalue weighted by Gasteiger charge is -2.42. The molecule has 256 valence electrons. The summed E-state index contributed by atoms with van der Waals surface area (Å²) in [5, 5.41) is 12.6. The number of piperazine rings is 1. The first-order chi connectivity index (χ1) is 21.9. The lowest BCUT2D eigenvalue weighted by Crippen LogP contribution is -2.56. The van der Waals surface area contributed by atoms with Crippen LogP contribution in [-0.4, -0.2) is 90.5 Å². The third kappa shape index (κ3) is 5.91. The summed E-state index contributed by atoms with van der Waals surface area (Å²) in [5.41, 5.74) is -6.84. The maximum absolute atomic E-state index is 13.5. The summed E-state index contributed by atoms with van der Waals surface area (Å²) < 4.78 is 92.4. The van der Waals surface area contributed by atoms with Gasteiger partial charge in [-0.25, -0.2) is 4.79 Å². The molecule has 2 N–H and O–H groups in total. The molecule has 16 heteroatoms. The number of benzene rings is 2. The molecule has 0 radical (unpaired) electrons.